The van der Waals surface area contributed by atoms with Crippen molar-refractivity contribution in [1.29, 1.82) is 0 Å². The van der Waals surface area contributed by atoms with Gasteiger partial charge in [0.1, 0.15) is 17.6 Å². The molecular weight excluding hydrogens is 356 g/mol. The quantitative estimate of drug-likeness (QED) is 0.771. The highest BCUT2D eigenvalue weighted by Crippen LogP contribution is 2.35. The minimum absolute atomic E-state index is 0.0792. The monoisotopic (exact) mass is 382 g/mol. The van der Waals surface area contributed by atoms with Crippen LogP contribution in [0, 0.1) is 0 Å². The van der Waals surface area contributed by atoms with Gasteiger partial charge in [0.2, 0.25) is 11.8 Å². The molecule has 0 spiro atoms. The number of rotatable bonds is 7. The van der Waals surface area contributed by atoms with Gasteiger partial charge in [-0.1, -0.05) is 12.1 Å². The maximum absolute atomic E-state index is 12.4. The van der Waals surface area contributed by atoms with E-state index >= 15 is 0 Å². The first kappa shape index (κ1) is 19.7. The van der Waals surface area contributed by atoms with Crippen LogP contribution >= 0.6 is 0 Å². The molecule has 0 saturated carbocycles. The van der Waals surface area contributed by atoms with Crippen LogP contribution in [0.3, 0.4) is 0 Å². The fourth-order valence-corrected chi connectivity index (χ4v) is 3.26. The van der Waals surface area contributed by atoms with Crippen LogP contribution in [0.5, 0.6) is 11.5 Å². The molecule has 3 rings (SSSR count). The number of anilines is 1. The second-order valence-corrected chi connectivity index (χ2v) is 6.96. The Balaban J connectivity index is 1.61. The van der Waals surface area contributed by atoms with Crippen LogP contribution in [0.2, 0.25) is 0 Å². The van der Waals surface area contributed by atoms with Crippen molar-refractivity contribution in [2.24, 2.45) is 0 Å². The summed E-state index contributed by atoms with van der Waals surface area (Å²) in [5, 5.41) is 5.66. The molecule has 2 aromatic rings. The van der Waals surface area contributed by atoms with Gasteiger partial charge in [-0.05, 0) is 43.7 Å². The molecular formula is C22H26N2O4. The van der Waals surface area contributed by atoms with E-state index < -0.39 is 0 Å². The topological polar surface area (TPSA) is 76.7 Å². The fourth-order valence-electron chi connectivity index (χ4n) is 3.26. The molecule has 0 aliphatic carbocycles. The van der Waals surface area contributed by atoms with E-state index in [0.717, 1.165) is 34.6 Å². The molecule has 2 N–H and O–H groups in total. The molecule has 2 aromatic carbocycles. The van der Waals surface area contributed by atoms with Crippen molar-refractivity contribution >= 4 is 17.5 Å². The lowest BCUT2D eigenvalue weighted by Gasteiger charge is -2.13. The number of carbonyl (C=O) groups excluding carboxylic acids is 2. The first-order valence-corrected chi connectivity index (χ1v) is 9.53. The molecule has 2 amide bonds. The van der Waals surface area contributed by atoms with E-state index in [1.54, 1.807) is 12.1 Å². The van der Waals surface area contributed by atoms with E-state index in [1.807, 2.05) is 38.1 Å². The highest BCUT2D eigenvalue weighted by atomic mass is 16.5. The number of carbonyl (C=O) groups is 2. The Kier molecular flexibility index (Phi) is 6.19. The third-order valence-corrected chi connectivity index (χ3v) is 4.49. The summed E-state index contributed by atoms with van der Waals surface area (Å²) in [4.78, 5) is 23.4. The smallest absolute Gasteiger partial charge is 0.224 e. The largest absolute Gasteiger partial charge is 0.494 e. The molecule has 0 fully saturated rings. The van der Waals surface area contributed by atoms with Crippen LogP contribution < -0.4 is 20.1 Å². The summed E-state index contributed by atoms with van der Waals surface area (Å²) in [6.07, 6.45) is 1.30. The second-order valence-electron chi connectivity index (χ2n) is 6.96. The summed E-state index contributed by atoms with van der Waals surface area (Å²) in [6.45, 7) is 6.39. The van der Waals surface area contributed by atoms with Gasteiger partial charge in [0.15, 0.2) is 0 Å². The van der Waals surface area contributed by atoms with Crippen LogP contribution in [0.25, 0.3) is 0 Å². The normalized spacial score (nSPS) is 14.8. The zero-order valence-electron chi connectivity index (χ0n) is 16.5. The van der Waals surface area contributed by atoms with Gasteiger partial charge in [-0.2, -0.15) is 0 Å². The van der Waals surface area contributed by atoms with Crippen molar-refractivity contribution in [2.45, 2.75) is 46.3 Å². The first-order valence-electron chi connectivity index (χ1n) is 9.53. The van der Waals surface area contributed by atoms with E-state index in [1.165, 1.54) is 6.92 Å². The number of fused-ring (bicyclic) bond motifs is 1. The number of nitrogens with one attached hydrogen (secondary N) is 2. The zero-order chi connectivity index (χ0) is 20.1. The highest BCUT2D eigenvalue weighted by molar-refractivity contribution is 5.88. The summed E-state index contributed by atoms with van der Waals surface area (Å²) in [5.41, 5.74) is 3.64. The maximum Gasteiger partial charge on any atom is 0.224 e. The van der Waals surface area contributed by atoms with Gasteiger partial charge in [0, 0.05) is 36.7 Å². The molecule has 1 heterocycles. The molecule has 1 aliphatic rings. The number of ether oxygens (including phenoxy) is 2. The van der Waals surface area contributed by atoms with Crippen LogP contribution in [0.1, 0.15) is 37.5 Å². The van der Waals surface area contributed by atoms with Gasteiger partial charge >= 0.3 is 0 Å². The van der Waals surface area contributed by atoms with E-state index in [2.05, 4.69) is 10.6 Å². The lowest BCUT2D eigenvalue weighted by Crippen LogP contribution is -2.25. The molecule has 28 heavy (non-hydrogen) atoms. The molecule has 6 heteroatoms. The number of hydrogen-bond acceptors (Lipinski definition) is 4. The van der Waals surface area contributed by atoms with E-state index in [-0.39, 0.29) is 24.3 Å². The van der Waals surface area contributed by atoms with Crippen molar-refractivity contribution in [3.05, 3.63) is 53.1 Å². The SMILES string of the molecule is CCOc1cc2c(cc1CNC(=O)Cc1ccc(NC(C)=O)cc1)O[C@@H](C)C2. The predicted octanol–water partition coefficient (Wildman–Crippen LogP) is 3.23. The van der Waals surface area contributed by atoms with Gasteiger partial charge < -0.3 is 20.1 Å². The second kappa shape index (κ2) is 8.78. The molecule has 1 atom stereocenters. The van der Waals surface area contributed by atoms with Crippen molar-refractivity contribution in [3.63, 3.8) is 0 Å². The number of hydrogen-bond donors (Lipinski definition) is 2. The molecule has 0 unspecified atom stereocenters. The molecule has 1 aliphatic heterocycles. The van der Waals surface area contributed by atoms with E-state index in [4.69, 9.17) is 9.47 Å². The van der Waals surface area contributed by atoms with Crippen molar-refractivity contribution < 1.29 is 19.1 Å². The third-order valence-electron chi connectivity index (χ3n) is 4.49. The Bertz CT molecular complexity index is 862. The van der Waals surface area contributed by atoms with Gasteiger partial charge in [-0.25, -0.2) is 0 Å². The van der Waals surface area contributed by atoms with Gasteiger partial charge in [-0.15, -0.1) is 0 Å². The lowest BCUT2D eigenvalue weighted by atomic mass is 10.1. The van der Waals surface area contributed by atoms with Crippen LogP contribution in [-0.4, -0.2) is 24.5 Å². The molecule has 6 nitrogen and oxygen atoms in total. The standard InChI is InChI=1S/C22H26N2O4/c1-4-27-20-11-17-9-14(2)28-21(17)12-18(20)13-23-22(26)10-16-5-7-19(8-6-16)24-15(3)25/h5-8,11-12,14H,4,9-10,13H2,1-3H3,(H,23,26)(H,24,25)/t14-/m0/s1. The van der Waals surface area contributed by atoms with Crippen molar-refractivity contribution in [3.8, 4) is 11.5 Å². The predicted molar refractivity (Wildman–Crippen MR) is 108 cm³/mol. The Morgan fingerprint density at radius 2 is 1.96 bits per heavy atom. The Morgan fingerprint density at radius 3 is 2.64 bits per heavy atom. The Hall–Kier alpha value is -3.02. The van der Waals surface area contributed by atoms with Gasteiger partial charge in [0.25, 0.3) is 0 Å². The van der Waals surface area contributed by atoms with Crippen LogP contribution in [0.15, 0.2) is 36.4 Å². The molecule has 0 bridgehead atoms. The average molecular weight is 382 g/mol. The molecule has 0 saturated heterocycles. The summed E-state index contributed by atoms with van der Waals surface area (Å²) in [6, 6.07) is 11.2. The summed E-state index contributed by atoms with van der Waals surface area (Å²) in [5.74, 6) is 1.46. The average Bonchev–Trinajstić information content (AvgIpc) is 3.00. The molecule has 0 aromatic heterocycles. The number of amides is 2. The van der Waals surface area contributed by atoms with Crippen LogP contribution in [-0.2, 0) is 29.0 Å². The van der Waals surface area contributed by atoms with Crippen molar-refractivity contribution in [1.82, 2.24) is 5.32 Å². The third kappa shape index (κ3) is 5.03. The Morgan fingerprint density at radius 1 is 1.21 bits per heavy atom. The number of benzene rings is 2. The van der Waals surface area contributed by atoms with E-state index in [0.29, 0.717) is 18.8 Å². The summed E-state index contributed by atoms with van der Waals surface area (Å²) < 4.78 is 11.6. The summed E-state index contributed by atoms with van der Waals surface area (Å²) in [7, 11) is 0. The lowest BCUT2D eigenvalue weighted by molar-refractivity contribution is -0.120. The van der Waals surface area contributed by atoms with Crippen LogP contribution in [0.4, 0.5) is 5.69 Å². The fraction of sp³-hybridized carbons (Fsp3) is 0.364. The minimum Gasteiger partial charge on any atom is -0.494 e. The Labute approximate surface area is 165 Å². The molecule has 148 valence electrons. The zero-order valence-corrected chi connectivity index (χ0v) is 16.5. The first-order chi connectivity index (χ1) is 13.4. The van der Waals surface area contributed by atoms with Gasteiger partial charge in [0.05, 0.1) is 13.0 Å². The van der Waals surface area contributed by atoms with E-state index in [9.17, 15) is 9.59 Å². The minimum atomic E-state index is -0.122. The molecule has 0 radical (unpaired) electrons. The maximum atomic E-state index is 12.4. The highest BCUT2D eigenvalue weighted by Gasteiger charge is 2.22. The summed E-state index contributed by atoms with van der Waals surface area (Å²) >= 11 is 0. The van der Waals surface area contributed by atoms with Crippen molar-refractivity contribution in [2.75, 3.05) is 11.9 Å². The van der Waals surface area contributed by atoms with Gasteiger partial charge in [-0.3, -0.25) is 9.59 Å².